The lowest BCUT2D eigenvalue weighted by atomic mass is 10.1. The number of hydrogen-bond acceptors (Lipinski definition) is 7. The summed E-state index contributed by atoms with van der Waals surface area (Å²) in [6.07, 6.45) is 49.6. The number of carbonyl (C=O) groups excluding carboxylic acids is 1. The molecule has 0 atom stereocenters. The van der Waals surface area contributed by atoms with E-state index in [9.17, 15) is 4.79 Å². The van der Waals surface area contributed by atoms with Crippen molar-refractivity contribution < 1.29 is 33.2 Å². The summed E-state index contributed by atoms with van der Waals surface area (Å²) in [6.45, 7) is 3.38. The molecule has 0 radical (unpaired) electrons. The van der Waals surface area contributed by atoms with Crippen LogP contribution in [0.25, 0.3) is 0 Å². The van der Waals surface area contributed by atoms with Gasteiger partial charge in [-0.15, -0.1) is 0 Å². The summed E-state index contributed by atoms with van der Waals surface area (Å²) in [4.78, 5) is 14.4. The normalized spacial score (nSPS) is 11.3. The molecule has 15 heteroatoms. The molecule has 82 heavy (non-hydrogen) atoms. The van der Waals surface area contributed by atoms with Crippen LogP contribution in [-0.2, 0) is 0 Å². The van der Waals surface area contributed by atoms with Crippen LogP contribution in [0.5, 0.6) is 34.5 Å². The van der Waals surface area contributed by atoms with Gasteiger partial charge in [0.2, 0.25) is 11.5 Å². The van der Waals surface area contributed by atoms with E-state index in [0.29, 0.717) is 85.5 Å². The quantitative estimate of drug-likeness (QED) is 0.0503. The number of urea groups is 1. The van der Waals surface area contributed by atoms with Crippen LogP contribution in [0.2, 0.25) is 0 Å². The fourth-order valence-electron chi connectivity index (χ4n) is 9.86. The Morgan fingerprint density at radius 1 is 0.244 bits per heavy atom. The third kappa shape index (κ3) is 43.9. The fourth-order valence-corrected chi connectivity index (χ4v) is 12.2. The average molecular weight is 1540 g/mol. The molecular weight excluding hydrogens is 1420 g/mol. The van der Waals surface area contributed by atoms with E-state index in [1.165, 1.54) is 193 Å². The summed E-state index contributed by atoms with van der Waals surface area (Å²) in [5, 5.41) is 12.8. The van der Waals surface area contributed by atoms with Crippen molar-refractivity contribution in [2.24, 2.45) is 0 Å². The highest BCUT2D eigenvalue weighted by atomic mass is 79.9. The zero-order chi connectivity index (χ0) is 58.9. The topological polar surface area (TPSA) is 96.5 Å². The van der Waals surface area contributed by atoms with Gasteiger partial charge in [0.05, 0.1) is 51.0 Å². The first-order valence-corrected chi connectivity index (χ1v) is 39.8. The van der Waals surface area contributed by atoms with E-state index < -0.39 is 0 Å². The Balaban J connectivity index is 2.46. The average Bonchev–Trinajstić information content (AvgIpc) is 3.65. The van der Waals surface area contributed by atoms with Crippen molar-refractivity contribution in [1.82, 2.24) is 0 Å². The maximum Gasteiger partial charge on any atom is 0.323 e. The minimum Gasteiger partial charge on any atom is -0.489 e. The van der Waals surface area contributed by atoms with Gasteiger partial charge in [0, 0.05) is 56.2 Å². The highest BCUT2D eigenvalue weighted by molar-refractivity contribution is 9.10. The first-order valence-electron chi connectivity index (χ1n) is 33.1. The molecule has 0 saturated carbocycles. The summed E-state index contributed by atoms with van der Waals surface area (Å²) in [5.41, 5.74) is 1.15. The number of hydrogen-bond donors (Lipinski definition) is 2. The zero-order valence-electron chi connectivity index (χ0n) is 51.1. The number of halogens is 6. The van der Waals surface area contributed by atoms with Crippen molar-refractivity contribution in [3.8, 4) is 34.5 Å². The van der Waals surface area contributed by atoms with Crippen molar-refractivity contribution in [3.63, 3.8) is 0 Å². The van der Waals surface area contributed by atoms with Gasteiger partial charge in [0.1, 0.15) is 0 Å². The number of nitrogens with one attached hydrogen (secondary N) is 2. The predicted octanol–water partition coefficient (Wildman–Crippen LogP) is 24.4. The molecule has 476 valence electrons. The molecule has 0 fully saturated rings. The zero-order valence-corrected chi connectivity index (χ0v) is 60.6. The van der Waals surface area contributed by atoms with Gasteiger partial charge in [0.25, 0.3) is 0 Å². The van der Waals surface area contributed by atoms with Crippen LogP contribution in [0.15, 0.2) is 24.3 Å². The molecule has 2 amide bonds. The molecule has 0 unspecified atom stereocenters. The molecule has 2 N–H and O–H groups in total. The molecule has 0 aliphatic carbocycles. The number of carbonyl (C=O) groups is 1. The van der Waals surface area contributed by atoms with E-state index in [2.05, 4.69) is 106 Å². The van der Waals surface area contributed by atoms with E-state index >= 15 is 0 Å². The molecule has 2 rings (SSSR count). The maximum atomic E-state index is 14.4. The number of anilines is 2. The van der Waals surface area contributed by atoms with Gasteiger partial charge in [-0.25, -0.2) is 4.79 Å². The van der Waals surface area contributed by atoms with Crippen LogP contribution in [-0.4, -0.2) is 77.7 Å². The maximum absolute atomic E-state index is 14.4. The third-order valence-electron chi connectivity index (χ3n) is 14.7. The van der Waals surface area contributed by atoms with E-state index in [0.717, 1.165) is 109 Å². The van der Waals surface area contributed by atoms with E-state index in [-0.39, 0.29) is 6.03 Å². The second-order valence-corrected chi connectivity index (χ2v) is 27.0. The molecule has 0 saturated heterocycles. The second-order valence-electron chi connectivity index (χ2n) is 22.3. The largest absolute Gasteiger partial charge is 0.489 e. The standard InChI is InChI=1S/C67H114Br6N2O7/c68-43-31-19-7-1-13-25-37-49-77-61-55-59(56-62(78-50-38-26-14-2-8-20-32-44-69)65(61)81-53-41-29-17-5-11-23-35-47-72)74-67(76)75-60-57-63(79-51-39-27-15-3-9-21-33-45-70)66(82-54-42-30-18-6-12-24-36-48-73)64(58-60)80-52-40-28-16-4-10-22-34-46-71/h55-58H,1-54H2,(H2,74,75,76). The first kappa shape index (κ1) is 77.5. The van der Waals surface area contributed by atoms with Crippen molar-refractivity contribution in [2.75, 3.05) is 82.3 Å². The molecule has 0 aliphatic heterocycles. The minimum atomic E-state index is -0.386. The lowest BCUT2D eigenvalue weighted by molar-refractivity contribution is 0.234. The van der Waals surface area contributed by atoms with Gasteiger partial charge in [-0.05, 0) is 77.0 Å². The van der Waals surface area contributed by atoms with Crippen molar-refractivity contribution >= 4 is 113 Å². The number of benzene rings is 2. The highest BCUT2D eigenvalue weighted by Gasteiger charge is 2.20. The van der Waals surface area contributed by atoms with Gasteiger partial charge in [-0.1, -0.05) is 288 Å². The molecule has 2 aromatic rings. The van der Waals surface area contributed by atoms with Crippen molar-refractivity contribution in [2.45, 2.75) is 270 Å². The lowest BCUT2D eigenvalue weighted by Crippen LogP contribution is -2.20. The number of unbranched alkanes of at least 4 members (excludes halogenated alkanes) is 36. The molecule has 9 nitrogen and oxygen atoms in total. The van der Waals surface area contributed by atoms with Gasteiger partial charge in [0.15, 0.2) is 23.0 Å². The Labute approximate surface area is 552 Å². The van der Waals surface area contributed by atoms with E-state index in [4.69, 9.17) is 28.4 Å². The molecule has 0 bridgehead atoms. The molecule has 2 aromatic carbocycles. The summed E-state index contributed by atoms with van der Waals surface area (Å²) in [7, 11) is 0. The van der Waals surface area contributed by atoms with Gasteiger partial charge >= 0.3 is 6.03 Å². The second kappa shape index (κ2) is 59.4. The van der Waals surface area contributed by atoms with Gasteiger partial charge < -0.3 is 39.1 Å². The number of amides is 2. The monoisotopic (exact) mass is 1530 g/mol. The Kier molecular flexibility index (Phi) is 56.1. The Morgan fingerprint density at radius 3 is 0.585 bits per heavy atom. The van der Waals surface area contributed by atoms with Crippen LogP contribution in [0.4, 0.5) is 16.2 Å². The van der Waals surface area contributed by atoms with Crippen LogP contribution in [0.3, 0.4) is 0 Å². The van der Waals surface area contributed by atoms with Crippen LogP contribution >= 0.6 is 95.6 Å². The number of ether oxygens (including phenoxy) is 6. The minimum absolute atomic E-state index is 0.386. The van der Waals surface area contributed by atoms with Crippen molar-refractivity contribution in [3.05, 3.63) is 24.3 Å². The molecule has 0 spiro atoms. The fraction of sp³-hybridized carbons (Fsp3) is 0.806. The van der Waals surface area contributed by atoms with E-state index in [1.54, 1.807) is 0 Å². The van der Waals surface area contributed by atoms with Gasteiger partial charge in [-0.2, -0.15) is 0 Å². The Morgan fingerprint density at radius 2 is 0.402 bits per heavy atom. The molecular formula is C67H114Br6N2O7. The van der Waals surface area contributed by atoms with E-state index in [1.807, 2.05) is 24.3 Å². The Hall–Kier alpha value is -0.610. The molecule has 0 aliphatic rings. The smallest absolute Gasteiger partial charge is 0.323 e. The van der Waals surface area contributed by atoms with Gasteiger partial charge in [-0.3, -0.25) is 0 Å². The summed E-state index contributed by atoms with van der Waals surface area (Å²) in [6, 6.07) is 7.25. The number of rotatable bonds is 62. The Bertz CT molecular complexity index is 1540. The summed E-state index contributed by atoms with van der Waals surface area (Å²) < 4.78 is 39.8. The van der Waals surface area contributed by atoms with Crippen molar-refractivity contribution in [1.29, 1.82) is 0 Å². The first-order chi connectivity index (χ1) is 40.5. The van der Waals surface area contributed by atoms with Crippen LogP contribution in [0.1, 0.15) is 270 Å². The van der Waals surface area contributed by atoms with Crippen LogP contribution in [0, 0.1) is 0 Å². The summed E-state index contributed by atoms with van der Waals surface area (Å²) in [5.74, 6) is 3.67. The van der Waals surface area contributed by atoms with Crippen LogP contribution < -0.4 is 39.1 Å². The predicted molar refractivity (Wildman–Crippen MR) is 375 cm³/mol. The lowest BCUT2D eigenvalue weighted by Gasteiger charge is -2.20. The highest BCUT2D eigenvalue weighted by Crippen LogP contribution is 2.43. The number of alkyl halides is 6. The SMILES string of the molecule is O=C(Nc1cc(OCCCCCCCCCBr)c(OCCCCCCCCCBr)c(OCCCCCCCCCBr)c1)Nc1cc(OCCCCCCCCCBr)c(OCCCCCCCCCBr)c(OCCCCCCCCCBr)c1. The molecule has 0 heterocycles. The summed E-state index contributed by atoms with van der Waals surface area (Å²) >= 11 is 21.4. The molecule has 0 aromatic heterocycles. The third-order valence-corrected chi connectivity index (χ3v) is 18.1.